The Morgan fingerprint density at radius 2 is 2.38 bits per heavy atom. The Bertz CT molecular complexity index is 395. The molecule has 0 bridgehead atoms. The highest BCUT2D eigenvalue weighted by Crippen LogP contribution is 2.35. The molecule has 1 atom stereocenters. The van der Waals surface area contributed by atoms with Crippen LogP contribution < -0.4 is 0 Å². The maximum absolute atomic E-state index is 10.8. The highest BCUT2D eigenvalue weighted by Gasteiger charge is 2.28. The molecule has 1 aliphatic carbocycles. The van der Waals surface area contributed by atoms with Gasteiger partial charge in [-0.25, -0.2) is 4.98 Å². The first kappa shape index (κ1) is 11.2. The van der Waals surface area contributed by atoms with Gasteiger partial charge in [0.15, 0.2) is 5.89 Å². The standard InChI is InChI=1S/C12H17NO3/c1-7(2)12-13-9-5-3-4-8(6-10(14)15)11(9)16-12/h7-8H,3-6H2,1-2H3,(H,14,15). The Morgan fingerprint density at radius 3 is 3.00 bits per heavy atom. The van der Waals surface area contributed by atoms with Crippen LogP contribution in [0.4, 0.5) is 0 Å². The molecule has 4 nitrogen and oxygen atoms in total. The fourth-order valence-electron chi connectivity index (χ4n) is 2.18. The van der Waals surface area contributed by atoms with Crippen molar-refractivity contribution in [2.45, 2.75) is 51.4 Å². The number of fused-ring (bicyclic) bond motifs is 1. The molecular formula is C12H17NO3. The molecule has 0 aliphatic heterocycles. The molecule has 0 aromatic carbocycles. The number of hydrogen-bond acceptors (Lipinski definition) is 3. The average molecular weight is 223 g/mol. The second-order valence-electron chi connectivity index (χ2n) is 4.70. The van der Waals surface area contributed by atoms with E-state index in [0.29, 0.717) is 0 Å². The third kappa shape index (κ3) is 2.10. The number of aryl methyl sites for hydroxylation is 1. The van der Waals surface area contributed by atoms with Crippen LogP contribution in [0, 0.1) is 0 Å². The van der Waals surface area contributed by atoms with E-state index in [1.807, 2.05) is 13.8 Å². The highest BCUT2D eigenvalue weighted by atomic mass is 16.4. The molecule has 0 radical (unpaired) electrons. The molecular weight excluding hydrogens is 206 g/mol. The Balaban J connectivity index is 2.27. The molecule has 4 heteroatoms. The number of oxazole rings is 1. The van der Waals surface area contributed by atoms with E-state index in [1.165, 1.54) is 0 Å². The zero-order chi connectivity index (χ0) is 11.7. The highest BCUT2D eigenvalue weighted by molar-refractivity contribution is 5.68. The summed E-state index contributed by atoms with van der Waals surface area (Å²) in [6, 6.07) is 0. The molecule has 0 saturated heterocycles. The van der Waals surface area contributed by atoms with Gasteiger partial charge in [0.2, 0.25) is 0 Å². The van der Waals surface area contributed by atoms with Gasteiger partial charge in [-0.05, 0) is 19.3 Å². The van der Waals surface area contributed by atoms with Crippen LogP contribution in [-0.4, -0.2) is 16.1 Å². The quantitative estimate of drug-likeness (QED) is 0.855. The molecule has 1 aromatic rings. The summed E-state index contributed by atoms with van der Waals surface area (Å²) in [6.45, 7) is 4.06. The van der Waals surface area contributed by atoms with Crippen molar-refractivity contribution in [3.63, 3.8) is 0 Å². The normalized spacial score (nSPS) is 19.8. The summed E-state index contributed by atoms with van der Waals surface area (Å²) in [6.07, 6.45) is 2.97. The topological polar surface area (TPSA) is 63.3 Å². The van der Waals surface area contributed by atoms with Crippen molar-refractivity contribution in [1.82, 2.24) is 4.98 Å². The molecule has 0 amide bonds. The van der Waals surface area contributed by atoms with Gasteiger partial charge in [-0.2, -0.15) is 0 Å². The molecule has 1 aliphatic rings. The monoisotopic (exact) mass is 223 g/mol. The van der Waals surface area contributed by atoms with Gasteiger partial charge < -0.3 is 9.52 Å². The van der Waals surface area contributed by atoms with E-state index in [0.717, 1.165) is 36.6 Å². The van der Waals surface area contributed by atoms with Crippen molar-refractivity contribution in [2.24, 2.45) is 0 Å². The minimum atomic E-state index is -0.764. The third-order valence-electron chi connectivity index (χ3n) is 3.00. The van der Waals surface area contributed by atoms with Crippen LogP contribution in [0.5, 0.6) is 0 Å². The lowest BCUT2D eigenvalue weighted by molar-refractivity contribution is -0.137. The van der Waals surface area contributed by atoms with E-state index >= 15 is 0 Å². The van der Waals surface area contributed by atoms with E-state index in [4.69, 9.17) is 9.52 Å². The lowest BCUT2D eigenvalue weighted by Gasteiger charge is -2.17. The van der Waals surface area contributed by atoms with Crippen LogP contribution in [0.25, 0.3) is 0 Å². The minimum absolute atomic E-state index is 0.0150. The lowest BCUT2D eigenvalue weighted by Crippen LogP contribution is -2.12. The predicted octanol–water partition coefficient (Wildman–Crippen LogP) is 2.69. The summed E-state index contributed by atoms with van der Waals surface area (Å²) in [5.74, 6) is 1.07. The van der Waals surface area contributed by atoms with Crippen LogP contribution >= 0.6 is 0 Å². The van der Waals surface area contributed by atoms with Gasteiger partial charge in [-0.1, -0.05) is 13.8 Å². The van der Waals surface area contributed by atoms with Crippen LogP contribution in [0.1, 0.15) is 62.3 Å². The molecule has 1 N–H and O–H groups in total. The van der Waals surface area contributed by atoms with Gasteiger partial charge in [0, 0.05) is 11.8 Å². The average Bonchev–Trinajstić information content (AvgIpc) is 2.61. The van der Waals surface area contributed by atoms with Crippen molar-refractivity contribution in [2.75, 3.05) is 0 Å². The SMILES string of the molecule is CC(C)c1nc2c(o1)C(CC(=O)O)CCC2. The first-order valence-corrected chi connectivity index (χ1v) is 5.79. The van der Waals surface area contributed by atoms with E-state index in [9.17, 15) is 4.79 Å². The Labute approximate surface area is 94.7 Å². The molecule has 88 valence electrons. The molecule has 0 saturated carbocycles. The third-order valence-corrected chi connectivity index (χ3v) is 3.00. The van der Waals surface area contributed by atoms with Gasteiger partial charge >= 0.3 is 5.97 Å². The zero-order valence-corrected chi connectivity index (χ0v) is 9.69. The number of carboxylic acid groups (broad SMARTS) is 1. The molecule has 1 heterocycles. The van der Waals surface area contributed by atoms with E-state index in [2.05, 4.69) is 4.98 Å². The number of carbonyl (C=O) groups is 1. The number of hydrogen-bond donors (Lipinski definition) is 1. The lowest BCUT2D eigenvalue weighted by atomic mass is 9.88. The second kappa shape index (κ2) is 4.28. The predicted molar refractivity (Wildman–Crippen MR) is 58.5 cm³/mol. The molecule has 0 spiro atoms. The summed E-state index contributed by atoms with van der Waals surface area (Å²) in [5, 5.41) is 8.85. The van der Waals surface area contributed by atoms with Crippen molar-refractivity contribution in [3.8, 4) is 0 Å². The Hall–Kier alpha value is -1.32. The van der Waals surface area contributed by atoms with E-state index < -0.39 is 5.97 Å². The molecule has 16 heavy (non-hydrogen) atoms. The number of rotatable bonds is 3. The fourth-order valence-corrected chi connectivity index (χ4v) is 2.18. The molecule has 0 fully saturated rings. The number of aromatic nitrogens is 1. The number of aliphatic carboxylic acids is 1. The summed E-state index contributed by atoms with van der Waals surface area (Å²) >= 11 is 0. The smallest absolute Gasteiger partial charge is 0.304 e. The summed E-state index contributed by atoms with van der Waals surface area (Å²) in [7, 11) is 0. The molecule has 1 unspecified atom stereocenters. The second-order valence-corrected chi connectivity index (χ2v) is 4.70. The van der Waals surface area contributed by atoms with Crippen LogP contribution in [0.3, 0.4) is 0 Å². The maximum Gasteiger partial charge on any atom is 0.304 e. The summed E-state index contributed by atoms with van der Waals surface area (Å²) in [5.41, 5.74) is 0.973. The van der Waals surface area contributed by atoms with Crippen LogP contribution in [0.15, 0.2) is 4.42 Å². The zero-order valence-electron chi connectivity index (χ0n) is 9.69. The number of carboxylic acids is 1. The van der Waals surface area contributed by atoms with Crippen molar-refractivity contribution in [1.29, 1.82) is 0 Å². The number of nitrogens with zero attached hydrogens (tertiary/aromatic N) is 1. The maximum atomic E-state index is 10.8. The van der Waals surface area contributed by atoms with Gasteiger partial charge in [0.1, 0.15) is 5.76 Å². The summed E-state index contributed by atoms with van der Waals surface area (Å²) in [4.78, 5) is 15.2. The largest absolute Gasteiger partial charge is 0.481 e. The fraction of sp³-hybridized carbons (Fsp3) is 0.667. The Kier molecular flexibility index (Phi) is 2.99. The van der Waals surface area contributed by atoms with E-state index in [-0.39, 0.29) is 18.3 Å². The first-order valence-electron chi connectivity index (χ1n) is 5.79. The molecule has 2 rings (SSSR count). The molecule has 1 aromatic heterocycles. The van der Waals surface area contributed by atoms with Crippen molar-refractivity contribution >= 4 is 5.97 Å². The van der Waals surface area contributed by atoms with Gasteiger partial charge in [0.05, 0.1) is 12.1 Å². The van der Waals surface area contributed by atoms with Crippen LogP contribution in [0.2, 0.25) is 0 Å². The van der Waals surface area contributed by atoms with Gasteiger partial charge in [-0.15, -0.1) is 0 Å². The van der Waals surface area contributed by atoms with Gasteiger partial charge in [-0.3, -0.25) is 4.79 Å². The van der Waals surface area contributed by atoms with E-state index in [1.54, 1.807) is 0 Å². The summed E-state index contributed by atoms with van der Waals surface area (Å²) < 4.78 is 5.71. The first-order chi connectivity index (χ1) is 7.58. The Morgan fingerprint density at radius 1 is 1.62 bits per heavy atom. The van der Waals surface area contributed by atoms with Gasteiger partial charge in [0.25, 0.3) is 0 Å². The van der Waals surface area contributed by atoms with Crippen LogP contribution in [-0.2, 0) is 11.2 Å². The van der Waals surface area contributed by atoms with Crippen molar-refractivity contribution < 1.29 is 14.3 Å². The van der Waals surface area contributed by atoms with Crippen molar-refractivity contribution in [3.05, 3.63) is 17.3 Å². The minimum Gasteiger partial charge on any atom is -0.481 e.